The molecule has 3 rings (SSSR count). The lowest BCUT2D eigenvalue weighted by atomic mass is 9.96. The quantitative estimate of drug-likeness (QED) is 0.671. The number of carbonyl (C=O) groups excluding carboxylic acids is 1. The van der Waals surface area contributed by atoms with Gasteiger partial charge in [0.25, 0.3) is 0 Å². The van der Waals surface area contributed by atoms with Crippen molar-refractivity contribution in [1.29, 1.82) is 0 Å². The molecule has 1 aromatic heterocycles. The Balaban J connectivity index is 2.13. The highest BCUT2D eigenvalue weighted by molar-refractivity contribution is 7.09. The molecule has 2 aromatic rings. The van der Waals surface area contributed by atoms with Gasteiger partial charge < -0.3 is 9.64 Å². The number of piperidine rings is 1. The number of para-hydroxylation sites is 1. The normalized spacial score (nSPS) is 25.9. The van der Waals surface area contributed by atoms with E-state index in [9.17, 15) is 4.79 Å². The van der Waals surface area contributed by atoms with E-state index < -0.39 is 74.3 Å². The van der Waals surface area contributed by atoms with Gasteiger partial charge in [0.1, 0.15) is 5.72 Å². The molecule has 0 aliphatic carbocycles. The highest BCUT2D eigenvalue weighted by Crippen LogP contribution is 2.34. The first-order valence-electron chi connectivity index (χ1n) is 14.7. The van der Waals surface area contributed by atoms with E-state index in [-0.39, 0.29) is 32.4 Å². The van der Waals surface area contributed by atoms with Gasteiger partial charge in [-0.2, -0.15) is 0 Å². The van der Waals surface area contributed by atoms with Gasteiger partial charge >= 0.3 is 0 Å². The number of ether oxygens (including phenoxy) is 1. The number of amides is 1. The van der Waals surface area contributed by atoms with Crippen molar-refractivity contribution in [2.75, 3.05) is 31.5 Å². The summed E-state index contributed by atoms with van der Waals surface area (Å²) in [7, 11) is -3.13. The van der Waals surface area contributed by atoms with Gasteiger partial charge in [-0.05, 0) is 30.0 Å². The Bertz CT molecular complexity index is 1160. The van der Waals surface area contributed by atoms with Crippen LogP contribution in [0.2, 0.25) is 0 Å². The summed E-state index contributed by atoms with van der Waals surface area (Å²) in [5.41, 5.74) is -2.86. The molecule has 140 valence electrons. The van der Waals surface area contributed by atoms with Crippen molar-refractivity contribution in [3.05, 3.63) is 52.6 Å². The van der Waals surface area contributed by atoms with E-state index in [0.29, 0.717) is 4.90 Å². The molecule has 0 bridgehead atoms. The first-order chi connectivity index (χ1) is 17.8. The molecular weight excluding hydrogens is 344 g/mol. The summed E-state index contributed by atoms with van der Waals surface area (Å²) in [4.78, 5) is 16.3. The lowest BCUT2D eigenvalue weighted by Gasteiger charge is -2.47. The van der Waals surface area contributed by atoms with Crippen molar-refractivity contribution < 1.29 is 27.4 Å². The van der Waals surface area contributed by atoms with Crippen LogP contribution in [0.15, 0.2) is 47.7 Å². The predicted octanol–water partition coefficient (Wildman–Crippen LogP) is 4.17. The fourth-order valence-corrected chi connectivity index (χ4v) is 3.62. The van der Waals surface area contributed by atoms with E-state index in [1.807, 2.05) is 5.38 Å². The molecule has 1 aromatic carbocycles. The molecule has 1 amide bonds. The smallest absolute Gasteiger partial charge is 0.229 e. The molecule has 0 N–H and O–H groups in total. The Morgan fingerprint density at radius 2 is 2.23 bits per heavy atom. The van der Waals surface area contributed by atoms with E-state index >= 15 is 0 Å². The Morgan fingerprint density at radius 1 is 1.42 bits per heavy atom. The van der Waals surface area contributed by atoms with Gasteiger partial charge in [0.15, 0.2) is 0 Å². The number of hydrogen-bond donors (Lipinski definition) is 0. The van der Waals surface area contributed by atoms with Crippen LogP contribution in [0.1, 0.15) is 48.8 Å². The Morgan fingerprint density at radius 3 is 2.88 bits per heavy atom. The number of methoxy groups -OCH3 is 1. The third-order valence-corrected chi connectivity index (χ3v) is 5.19. The Hall–Kier alpha value is -1.69. The van der Waals surface area contributed by atoms with E-state index in [1.165, 1.54) is 16.2 Å². The SMILES string of the molecule is [2H]c1c([2H])c([2H])c(N(C(=O)CC([2H])([2H])[2H])C2(OC([2H])([2H])[2H])CCN(C([2H])([2H])Cc3cccs3)CC2)c([2H])c1[2H]. The van der Waals surface area contributed by atoms with Crippen molar-refractivity contribution in [2.24, 2.45) is 0 Å². The molecule has 0 saturated carbocycles. The van der Waals surface area contributed by atoms with Crippen molar-refractivity contribution in [2.45, 2.75) is 38.3 Å². The lowest BCUT2D eigenvalue weighted by molar-refractivity contribution is -0.128. The van der Waals surface area contributed by atoms with E-state index in [4.69, 9.17) is 22.6 Å². The minimum absolute atomic E-state index is 0.0442. The molecule has 1 saturated heterocycles. The number of nitrogens with zero attached hydrogens (tertiary/aromatic N) is 2. The van der Waals surface area contributed by atoms with Crippen LogP contribution in [0.3, 0.4) is 0 Å². The summed E-state index contributed by atoms with van der Waals surface area (Å²) >= 11 is 1.38. The number of benzene rings is 1. The molecule has 0 unspecified atom stereocenters. The van der Waals surface area contributed by atoms with Gasteiger partial charge in [0.05, 0.1) is 11.0 Å². The summed E-state index contributed by atoms with van der Waals surface area (Å²) in [6.07, 6.45) is -1.76. The summed E-state index contributed by atoms with van der Waals surface area (Å²) in [5, 5.41) is 1.81. The van der Waals surface area contributed by atoms with Crippen molar-refractivity contribution >= 4 is 22.9 Å². The van der Waals surface area contributed by atoms with Gasteiger partial charge in [0.2, 0.25) is 5.91 Å². The topological polar surface area (TPSA) is 32.8 Å². The number of likely N-dealkylation sites (tertiary alicyclic amines) is 1. The summed E-state index contributed by atoms with van der Waals surface area (Å²) in [6.45, 7) is -4.96. The van der Waals surface area contributed by atoms with Gasteiger partial charge in [-0.15, -0.1) is 11.3 Å². The van der Waals surface area contributed by atoms with Crippen LogP contribution in [0.5, 0.6) is 0 Å². The van der Waals surface area contributed by atoms with Gasteiger partial charge in [-0.3, -0.25) is 9.69 Å². The first kappa shape index (κ1) is 8.55. The number of aryl methyl sites for hydroxylation is 1. The van der Waals surface area contributed by atoms with Gasteiger partial charge in [-0.25, -0.2) is 0 Å². The zero-order chi connectivity index (χ0) is 29.6. The maximum Gasteiger partial charge on any atom is 0.229 e. The number of anilines is 1. The maximum absolute atomic E-state index is 13.5. The molecule has 0 radical (unpaired) electrons. The Kier molecular flexibility index (Phi) is 2.89. The minimum atomic E-state index is -3.13. The first-order valence-corrected chi connectivity index (χ1v) is 9.04. The Labute approximate surface area is 178 Å². The molecule has 1 aliphatic rings. The third-order valence-electron chi connectivity index (χ3n) is 4.31. The van der Waals surface area contributed by atoms with Crippen LogP contribution in [0, 0.1) is 0 Å². The molecule has 0 atom stereocenters. The number of carbonyl (C=O) groups is 1. The molecule has 1 aliphatic heterocycles. The molecule has 0 spiro atoms. The van der Waals surface area contributed by atoms with Gasteiger partial charge in [0, 0.05) is 63.3 Å². The lowest BCUT2D eigenvalue weighted by Crippen LogP contribution is -2.59. The second kappa shape index (κ2) is 8.80. The van der Waals surface area contributed by atoms with Gasteiger partial charge in [-0.1, -0.05) is 31.0 Å². The summed E-state index contributed by atoms with van der Waals surface area (Å²) in [6, 6.07) is -0.442. The maximum atomic E-state index is 13.5. The van der Waals surface area contributed by atoms with Crippen molar-refractivity contribution in [3.63, 3.8) is 0 Å². The van der Waals surface area contributed by atoms with Crippen LogP contribution < -0.4 is 4.90 Å². The average Bonchev–Trinajstić information content (AvgIpc) is 3.29. The second-order valence-corrected chi connectivity index (χ2v) is 6.86. The van der Waals surface area contributed by atoms with E-state index in [1.54, 1.807) is 12.1 Å². The van der Waals surface area contributed by atoms with Crippen LogP contribution in [0.4, 0.5) is 5.69 Å². The fourth-order valence-electron chi connectivity index (χ4n) is 2.98. The molecule has 1 fully saturated rings. The van der Waals surface area contributed by atoms with E-state index in [0.717, 1.165) is 4.88 Å². The molecule has 2 heterocycles. The monoisotopic (exact) mass is 385 g/mol. The summed E-state index contributed by atoms with van der Waals surface area (Å²) in [5.74, 6) is -1.21. The van der Waals surface area contributed by atoms with Crippen molar-refractivity contribution in [3.8, 4) is 0 Å². The number of hydrogen-bond acceptors (Lipinski definition) is 4. The molecular formula is C21H28N2O2S. The molecule has 5 heteroatoms. The highest BCUT2D eigenvalue weighted by Gasteiger charge is 2.42. The van der Waals surface area contributed by atoms with Crippen molar-refractivity contribution in [1.82, 2.24) is 4.90 Å². The molecule has 26 heavy (non-hydrogen) atoms. The minimum Gasteiger partial charge on any atom is -0.358 e. The van der Waals surface area contributed by atoms with Crippen LogP contribution in [-0.2, 0) is 16.0 Å². The summed E-state index contributed by atoms with van der Waals surface area (Å²) < 4.78 is 110. The number of thiophene rings is 1. The van der Waals surface area contributed by atoms with Crippen LogP contribution in [0.25, 0.3) is 0 Å². The average molecular weight is 386 g/mol. The zero-order valence-electron chi connectivity index (χ0n) is 27.1. The number of rotatable bonds is 7. The zero-order valence-corrected chi connectivity index (χ0v) is 14.9. The van der Waals surface area contributed by atoms with Crippen LogP contribution >= 0.6 is 11.3 Å². The predicted molar refractivity (Wildman–Crippen MR) is 108 cm³/mol. The van der Waals surface area contributed by atoms with Crippen LogP contribution in [-0.4, -0.2) is 43.2 Å². The largest absolute Gasteiger partial charge is 0.358 e. The molecule has 4 nitrogen and oxygen atoms in total. The standard InChI is InChI=1S/C21H28N2O2S/c1-3-20(24)23(18-8-5-4-6-9-18)21(25-2)12-15-22(16-13-21)14-11-19-10-7-17-26-19/h4-10,17H,3,11-16H2,1-2H3/i1D3,2D3,4D,5D,6D,8D,9D,14D2. The third kappa shape index (κ3) is 4.17. The second-order valence-electron chi connectivity index (χ2n) is 5.83. The fraction of sp³-hybridized carbons (Fsp3) is 0.476. The highest BCUT2D eigenvalue weighted by atomic mass is 32.1. The van der Waals surface area contributed by atoms with E-state index in [2.05, 4.69) is 0 Å².